The first-order chi connectivity index (χ1) is 16.7. The lowest BCUT2D eigenvalue weighted by Crippen LogP contribution is -2.57. The number of anilines is 1. The highest BCUT2D eigenvalue weighted by Crippen LogP contribution is 2.53. The van der Waals surface area contributed by atoms with Gasteiger partial charge in [0.05, 0.1) is 17.5 Å². The Morgan fingerprint density at radius 2 is 1.83 bits per heavy atom. The van der Waals surface area contributed by atoms with Crippen molar-refractivity contribution in [2.75, 3.05) is 4.90 Å². The van der Waals surface area contributed by atoms with Crippen LogP contribution >= 0.6 is 11.6 Å². The zero-order valence-electron chi connectivity index (χ0n) is 19.5. The molecule has 0 spiro atoms. The predicted molar refractivity (Wildman–Crippen MR) is 131 cm³/mol. The summed E-state index contributed by atoms with van der Waals surface area (Å²) in [6.45, 7) is 1.83. The molecule has 1 aliphatic carbocycles. The Bertz CT molecular complexity index is 1190. The van der Waals surface area contributed by atoms with Gasteiger partial charge in [-0.3, -0.25) is 19.7 Å². The van der Waals surface area contributed by atoms with Crippen LogP contribution in [0.15, 0.2) is 42.5 Å². The van der Waals surface area contributed by atoms with Gasteiger partial charge < -0.3 is 10.2 Å². The van der Waals surface area contributed by atoms with E-state index in [-0.39, 0.29) is 18.1 Å². The van der Waals surface area contributed by atoms with Gasteiger partial charge in [0, 0.05) is 16.6 Å². The zero-order valence-corrected chi connectivity index (χ0v) is 20.3. The summed E-state index contributed by atoms with van der Waals surface area (Å²) in [4.78, 5) is 41.8. The van der Waals surface area contributed by atoms with Crippen molar-refractivity contribution in [1.29, 1.82) is 0 Å². The van der Waals surface area contributed by atoms with Crippen LogP contribution in [-0.2, 0) is 14.4 Å². The molecule has 7 nitrogen and oxygen atoms in total. The van der Waals surface area contributed by atoms with Crippen LogP contribution in [0.3, 0.4) is 0 Å². The van der Waals surface area contributed by atoms with E-state index in [1.54, 1.807) is 36.4 Å². The molecule has 2 heterocycles. The number of aromatic hydroxyl groups is 1. The molecule has 2 aromatic carbocycles. The zero-order chi connectivity index (χ0) is 24.9. The molecule has 5 rings (SSSR count). The Morgan fingerprint density at radius 1 is 1.11 bits per heavy atom. The first-order valence-electron chi connectivity index (χ1n) is 12.2. The van der Waals surface area contributed by atoms with Crippen LogP contribution < -0.4 is 10.2 Å². The van der Waals surface area contributed by atoms with Gasteiger partial charge in [0.15, 0.2) is 0 Å². The molecule has 1 saturated carbocycles. The van der Waals surface area contributed by atoms with Gasteiger partial charge in [-0.2, -0.15) is 0 Å². The van der Waals surface area contributed by atoms with E-state index < -0.39 is 41.2 Å². The molecule has 0 bridgehead atoms. The van der Waals surface area contributed by atoms with Crippen molar-refractivity contribution in [3.63, 3.8) is 0 Å². The summed E-state index contributed by atoms with van der Waals surface area (Å²) < 4.78 is 0. The van der Waals surface area contributed by atoms with Gasteiger partial charge in [0.25, 0.3) is 0 Å². The molecule has 8 heteroatoms. The summed E-state index contributed by atoms with van der Waals surface area (Å²) in [7, 11) is 0. The maximum atomic E-state index is 13.9. The molecule has 4 unspecified atom stereocenters. The quantitative estimate of drug-likeness (QED) is 0.522. The summed E-state index contributed by atoms with van der Waals surface area (Å²) in [6.07, 6.45) is 5.23. The Hall–Kier alpha value is -2.90. The molecule has 0 aromatic heterocycles. The molecule has 35 heavy (non-hydrogen) atoms. The van der Waals surface area contributed by atoms with E-state index in [1.807, 2.05) is 6.92 Å². The van der Waals surface area contributed by atoms with Crippen LogP contribution in [-0.4, -0.2) is 33.5 Å². The van der Waals surface area contributed by atoms with Gasteiger partial charge in [-0.1, -0.05) is 68.0 Å². The standard InChI is InChI=1S/C27H29ClN2O5/c1-15-11-12-17(13-19(15)28)30-24(32)21-22(25(30)33)27(26(34)35,14-16-7-3-2-4-8-16)29-23(21)18-9-5-6-10-20(18)31/h5-6,9-13,16,21-23,29,31H,2-4,7-8,14H2,1H3,(H,34,35). The van der Waals surface area contributed by atoms with E-state index in [2.05, 4.69) is 5.32 Å². The molecule has 4 atom stereocenters. The molecular weight excluding hydrogens is 468 g/mol. The summed E-state index contributed by atoms with van der Waals surface area (Å²) >= 11 is 6.30. The lowest BCUT2D eigenvalue weighted by molar-refractivity contribution is -0.150. The SMILES string of the molecule is Cc1ccc(N2C(=O)C3C(c4ccccc4O)NC(CC4CCCCC4)(C(=O)O)C3C2=O)cc1Cl. The van der Waals surface area contributed by atoms with Gasteiger partial charge in [-0.15, -0.1) is 0 Å². The molecule has 3 aliphatic rings. The van der Waals surface area contributed by atoms with Gasteiger partial charge >= 0.3 is 5.97 Å². The fourth-order valence-corrected chi connectivity index (χ4v) is 6.49. The predicted octanol–water partition coefficient (Wildman–Crippen LogP) is 4.60. The summed E-state index contributed by atoms with van der Waals surface area (Å²) in [5.41, 5.74) is -0.0619. The van der Waals surface area contributed by atoms with E-state index in [0.717, 1.165) is 42.6 Å². The third kappa shape index (κ3) is 3.81. The minimum Gasteiger partial charge on any atom is -0.508 e. The summed E-state index contributed by atoms with van der Waals surface area (Å²) in [6, 6.07) is 10.7. The number of amides is 2. The molecule has 2 saturated heterocycles. The molecule has 3 fully saturated rings. The topological polar surface area (TPSA) is 107 Å². The van der Waals surface area contributed by atoms with Crippen molar-refractivity contribution in [3.8, 4) is 5.75 Å². The number of nitrogens with one attached hydrogen (secondary N) is 1. The summed E-state index contributed by atoms with van der Waals surface area (Å²) in [5, 5.41) is 24.8. The third-order valence-electron chi connectivity index (χ3n) is 8.06. The number of hydrogen-bond donors (Lipinski definition) is 3. The van der Waals surface area contributed by atoms with Crippen LogP contribution in [0.5, 0.6) is 5.75 Å². The second-order valence-corrected chi connectivity index (χ2v) is 10.5. The molecule has 184 valence electrons. The maximum absolute atomic E-state index is 13.9. The largest absolute Gasteiger partial charge is 0.508 e. The highest BCUT2D eigenvalue weighted by molar-refractivity contribution is 6.32. The average molecular weight is 497 g/mol. The Balaban J connectivity index is 1.63. The second kappa shape index (κ2) is 8.95. The number of phenolic OH excluding ortho intramolecular Hbond substituents is 1. The van der Waals surface area contributed by atoms with Crippen LogP contribution in [0.4, 0.5) is 5.69 Å². The normalized spacial score (nSPS) is 29.0. The monoisotopic (exact) mass is 496 g/mol. The molecule has 2 aromatic rings. The second-order valence-electron chi connectivity index (χ2n) is 10.1. The van der Waals surface area contributed by atoms with Crippen LogP contribution in [0.2, 0.25) is 5.02 Å². The number of carbonyl (C=O) groups is 3. The molecule has 2 aliphatic heterocycles. The number of nitrogens with zero attached hydrogens (tertiary/aromatic N) is 1. The third-order valence-corrected chi connectivity index (χ3v) is 8.46. The van der Waals surface area contributed by atoms with Gasteiger partial charge in [0.2, 0.25) is 11.8 Å². The number of carbonyl (C=O) groups excluding carboxylic acids is 2. The van der Waals surface area contributed by atoms with Crippen LogP contribution in [0.25, 0.3) is 0 Å². The smallest absolute Gasteiger partial charge is 0.324 e. The van der Waals surface area contributed by atoms with Crippen LogP contribution in [0, 0.1) is 24.7 Å². The van der Waals surface area contributed by atoms with Gasteiger partial charge in [-0.05, 0) is 43.0 Å². The number of benzene rings is 2. The maximum Gasteiger partial charge on any atom is 0.324 e. The van der Waals surface area contributed by atoms with Crippen molar-refractivity contribution in [1.82, 2.24) is 5.32 Å². The van der Waals surface area contributed by atoms with Crippen molar-refractivity contribution in [2.45, 2.75) is 57.0 Å². The number of aryl methyl sites for hydroxylation is 1. The average Bonchev–Trinajstić information content (AvgIpc) is 3.31. The van der Waals surface area contributed by atoms with E-state index in [4.69, 9.17) is 11.6 Å². The number of fused-ring (bicyclic) bond motifs is 1. The molecule has 0 radical (unpaired) electrons. The van der Waals surface area contributed by atoms with Crippen molar-refractivity contribution < 1.29 is 24.6 Å². The number of carboxylic acid groups (broad SMARTS) is 1. The van der Waals surface area contributed by atoms with E-state index in [1.165, 1.54) is 6.07 Å². The first-order valence-corrected chi connectivity index (χ1v) is 12.6. The Kier molecular flexibility index (Phi) is 6.09. The number of para-hydroxylation sites is 1. The number of halogens is 1. The minimum absolute atomic E-state index is 0.0420. The number of imide groups is 1. The Labute approximate surface area is 209 Å². The first kappa shape index (κ1) is 23.8. The minimum atomic E-state index is -1.62. The van der Waals surface area contributed by atoms with E-state index in [0.29, 0.717) is 16.3 Å². The van der Waals surface area contributed by atoms with E-state index >= 15 is 0 Å². The fraction of sp³-hybridized carbons (Fsp3) is 0.444. The van der Waals surface area contributed by atoms with Gasteiger partial charge in [0.1, 0.15) is 11.3 Å². The lowest BCUT2D eigenvalue weighted by Gasteiger charge is -2.35. The van der Waals surface area contributed by atoms with Crippen molar-refractivity contribution in [3.05, 3.63) is 58.6 Å². The number of carboxylic acids is 1. The lowest BCUT2D eigenvalue weighted by atomic mass is 9.72. The molecular formula is C27H29ClN2O5. The molecule has 3 N–H and O–H groups in total. The summed E-state index contributed by atoms with van der Waals surface area (Å²) in [5.74, 6) is -4.12. The number of aliphatic carboxylic acids is 1. The highest BCUT2D eigenvalue weighted by Gasteiger charge is 2.69. The van der Waals surface area contributed by atoms with Crippen LogP contribution in [0.1, 0.15) is 55.7 Å². The number of phenols is 1. The highest BCUT2D eigenvalue weighted by atomic mass is 35.5. The Morgan fingerprint density at radius 3 is 2.49 bits per heavy atom. The molecule has 2 amide bonds. The van der Waals surface area contributed by atoms with Gasteiger partial charge in [-0.25, -0.2) is 4.90 Å². The number of hydrogen-bond acceptors (Lipinski definition) is 5. The fourth-order valence-electron chi connectivity index (χ4n) is 6.31. The van der Waals surface area contributed by atoms with E-state index in [9.17, 15) is 24.6 Å². The van der Waals surface area contributed by atoms with Crippen molar-refractivity contribution in [2.24, 2.45) is 17.8 Å². The number of rotatable bonds is 5. The van der Waals surface area contributed by atoms with Crippen molar-refractivity contribution >= 4 is 35.1 Å².